The Morgan fingerprint density at radius 1 is 1.60 bits per heavy atom. The van der Waals surface area contributed by atoms with Gasteiger partial charge in [-0.25, -0.2) is 9.97 Å². The van der Waals surface area contributed by atoms with Crippen LogP contribution < -0.4 is 0 Å². The van der Waals surface area contributed by atoms with E-state index >= 15 is 0 Å². The normalized spacial score (nSPS) is 17.8. The van der Waals surface area contributed by atoms with Crippen LogP contribution in [0.2, 0.25) is 0 Å². The van der Waals surface area contributed by atoms with E-state index in [1.165, 1.54) is 4.88 Å². The van der Waals surface area contributed by atoms with Gasteiger partial charge in [0.25, 0.3) is 0 Å². The number of carbonyl (C=O) groups is 1. The van der Waals surface area contributed by atoms with Crippen molar-refractivity contribution in [2.24, 2.45) is 7.05 Å². The van der Waals surface area contributed by atoms with Crippen LogP contribution in [0.15, 0.2) is 12.4 Å². The van der Waals surface area contributed by atoms with Crippen molar-refractivity contribution in [1.29, 1.82) is 0 Å². The Balaban J connectivity index is 1.97. The van der Waals surface area contributed by atoms with Gasteiger partial charge in [-0.1, -0.05) is 0 Å². The first-order chi connectivity index (χ1) is 9.70. The summed E-state index contributed by atoms with van der Waals surface area (Å²) in [7, 11) is 1.95. The summed E-state index contributed by atoms with van der Waals surface area (Å²) in [4.78, 5) is 22.2. The van der Waals surface area contributed by atoms with E-state index in [2.05, 4.69) is 9.97 Å². The van der Waals surface area contributed by atoms with Crippen LogP contribution in [-0.2, 0) is 23.0 Å². The first-order valence-electron chi connectivity index (χ1n) is 6.84. The number of fused-ring (bicyclic) bond motifs is 1. The first kappa shape index (κ1) is 13.3. The smallest absolute Gasteiger partial charge is 0.315 e. The molecule has 0 N–H and O–H groups in total. The van der Waals surface area contributed by atoms with E-state index in [0.29, 0.717) is 6.61 Å². The summed E-state index contributed by atoms with van der Waals surface area (Å²) in [6, 6.07) is 0. The van der Waals surface area contributed by atoms with E-state index in [1.807, 2.05) is 24.7 Å². The van der Waals surface area contributed by atoms with Crippen LogP contribution in [-0.4, -0.2) is 27.1 Å². The summed E-state index contributed by atoms with van der Waals surface area (Å²) in [5.41, 5.74) is 0.901. The van der Waals surface area contributed by atoms with Crippen LogP contribution in [0.3, 0.4) is 0 Å². The number of imidazole rings is 1. The van der Waals surface area contributed by atoms with Crippen LogP contribution in [0.5, 0.6) is 0 Å². The molecule has 1 atom stereocenters. The summed E-state index contributed by atoms with van der Waals surface area (Å²) in [6.45, 7) is 2.25. The molecule has 0 saturated carbocycles. The van der Waals surface area contributed by atoms with Crippen LogP contribution in [0, 0.1) is 0 Å². The van der Waals surface area contributed by atoms with Gasteiger partial charge in [-0.3, -0.25) is 4.79 Å². The van der Waals surface area contributed by atoms with E-state index in [0.717, 1.165) is 35.8 Å². The Kier molecular flexibility index (Phi) is 3.56. The molecular formula is C14H17N3O2S. The maximum absolute atomic E-state index is 12.0. The van der Waals surface area contributed by atoms with Crippen LogP contribution in [0.4, 0.5) is 0 Å². The molecule has 0 bridgehead atoms. The number of nitrogens with zero attached hydrogens (tertiary/aromatic N) is 3. The largest absolute Gasteiger partial charge is 0.465 e. The lowest BCUT2D eigenvalue weighted by molar-refractivity contribution is -0.145. The second kappa shape index (κ2) is 5.36. The Hall–Kier alpha value is -1.69. The highest BCUT2D eigenvalue weighted by Gasteiger charge is 2.31. The lowest BCUT2D eigenvalue weighted by Crippen LogP contribution is -2.20. The van der Waals surface area contributed by atoms with Gasteiger partial charge in [-0.2, -0.15) is 0 Å². The van der Waals surface area contributed by atoms with Gasteiger partial charge < -0.3 is 9.30 Å². The van der Waals surface area contributed by atoms with Gasteiger partial charge >= 0.3 is 5.97 Å². The highest BCUT2D eigenvalue weighted by Crippen LogP contribution is 2.38. The zero-order valence-electron chi connectivity index (χ0n) is 11.6. The molecule has 0 fully saturated rings. The Labute approximate surface area is 121 Å². The molecule has 1 unspecified atom stereocenters. The third-order valence-electron chi connectivity index (χ3n) is 3.54. The minimum Gasteiger partial charge on any atom is -0.465 e. The maximum Gasteiger partial charge on any atom is 0.315 e. The Morgan fingerprint density at radius 3 is 3.15 bits per heavy atom. The molecule has 0 aromatic carbocycles. The highest BCUT2D eigenvalue weighted by molar-refractivity contribution is 7.15. The van der Waals surface area contributed by atoms with Gasteiger partial charge in [0.2, 0.25) is 0 Å². The first-order valence-corrected chi connectivity index (χ1v) is 7.66. The predicted octanol–water partition coefficient (Wildman–Crippen LogP) is 2.53. The zero-order chi connectivity index (χ0) is 14.1. The van der Waals surface area contributed by atoms with Crippen molar-refractivity contribution in [2.45, 2.75) is 32.1 Å². The summed E-state index contributed by atoms with van der Waals surface area (Å²) in [5.74, 6) is 0.501. The van der Waals surface area contributed by atoms with Crippen molar-refractivity contribution in [3.63, 3.8) is 0 Å². The lowest BCUT2D eigenvalue weighted by Gasteiger charge is -2.19. The van der Waals surface area contributed by atoms with E-state index in [-0.39, 0.29) is 11.9 Å². The average molecular weight is 291 g/mol. The molecule has 0 radical (unpaired) electrons. The fraction of sp³-hybridized carbons (Fsp3) is 0.500. The number of hydrogen-bond donors (Lipinski definition) is 0. The van der Waals surface area contributed by atoms with Crippen molar-refractivity contribution in [1.82, 2.24) is 14.5 Å². The van der Waals surface area contributed by atoms with Crippen LogP contribution in [0.1, 0.15) is 36.3 Å². The number of esters is 1. The molecule has 0 amide bonds. The number of carbonyl (C=O) groups excluding carboxylic acids is 1. The molecule has 0 saturated heterocycles. The molecule has 2 aromatic heterocycles. The van der Waals surface area contributed by atoms with E-state index in [4.69, 9.17) is 4.74 Å². The number of ether oxygens (including phenoxy) is 1. The molecule has 2 aromatic rings. The van der Waals surface area contributed by atoms with Crippen molar-refractivity contribution < 1.29 is 9.53 Å². The standard InChI is InChI=1S/C14H17N3O2S/c1-3-19-14(18)9-5-4-6-10-11(9)16-13(20-10)12-15-7-8-17(12)2/h7-9H,3-6H2,1-2H3. The molecule has 2 heterocycles. The molecule has 106 valence electrons. The lowest BCUT2D eigenvalue weighted by atomic mass is 9.91. The summed E-state index contributed by atoms with van der Waals surface area (Å²) in [6.07, 6.45) is 6.50. The van der Waals surface area contributed by atoms with Gasteiger partial charge in [0.05, 0.1) is 12.3 Å². The minimum atomic E-state index is -0.205. The van der Waals surface area contributed by atoms with Crippen molar-refractivity contribution in [2.75, 3.05) is 6.61 Å². The second-order valence-electron chi connectivity index (χ2n) is 4.89. The monoisotopic (exact) mass is 291 g/mol. The van der Waals surface area contributed by atoms with Gasteiger partial charge in [-0.05, 0) is 26.2 Å². The van der Waals surface area contributed by atoms with Gasteiger partial charge in [-0.15, -0.1) is 11.3 Å². The van der Waals surface area contributed by atoms with Gasteiger partial charge in [0.1, 0.15) is 5.92 Å². The third-order valence-corrected chi connectivity index (χ3v) is 4.66. The molecular weight excluding hydrogens is 274 g/mol. The number of rotatable bonds is 3. The number of hydrogen-bond acceptors (Lipinski definition) is 5. The van der Waals surface area contributed by atoms with E-state index in [1.54, 1.807) is 17.5 Å². The van der Waals surface area contributed by atoms with Crippen LogP contribution in [0.25, 0.3) is 10.8 Å². The quantitative estimate of drug-likeness (QED) is 0.815. The van der Waals surface area contributed by atoms with E-state index < -0.39 is 0 Å². The van der Waals surface area contributed by atoms with Crippen LogP contribution >= 0.6 is 11.3 Å². The molecule has 20 heavy (non-hydrogen) atoms. The summed E-state index contributed by atoms with van der Waals surface area (Å²) < 4.78 is 7.11. The number of aryl methyl sites for hydroxylation is 2. The fourth-order valence-electron chi connectivity index (χ4n) is 2.56. The Bertz CT molecular complexity index is 632. The van der Waals surface area contributed by atoms with E-state index in [9.17, 15) is 4.79 Å². The highest BCUT2D eigenvalue weighted by atomic mass is 32.1. The molecule has 0 aliphatic heterocycles. The molecule has 6 heteroatoms. The number of aromatic nitrogens is 3. The minimum absolute atomic E-state index is 0.148. The third kappa shape index (κ3) is 2.24. The van der Waals surface area contributed by atoms with Gasteiger partial charge in [0, 0.05) is 24.3 Å². The van der Waals surface area contributed by atoms with Gasteiger partial charge in [0.15, 0.2) is 10.8 Å². The SMILES string of the molecule is CCOC(=O)C1CCCc2sc(-c3nccn3C)nc21. The molecule has 1 aliphatic carbocycles. The summed E-state index contributed by atoms with van der Waals surface area (Å²) in [5, 5.41) is 0.888. The Morgan fingerprint density at radius 2 is 2.45 bits per heavy atom. The average Bonchev–Trinajstić information content (AvgIpc) is 3.03. The maximum atomic E-state index is 12.0. The predicted molar refractivity (Wildman–Crippen MR) is 76.6 cm³/mol. The number of thiazole rings is 1. The van der Waals surface area contributed by atoms with Crippen molar-refractivity contribution >= 4 is 17.3 Å². The molecule has 0 spiro atoms. The molecule has 3 rings (SSSR count). The van der Waals surface area contributed by atoms with Crippen molar-refractivity contribution in [3.8, 4) is 10.8 Å². The zero-order valence-corrected chi connectivity index (χ0v) is 12.4. The molecule has 5 nitrogen and oxygen atoms in total. The topological polar surface area (TPSA) is 57.0 Å². The summed E-state index contributed by atoms with van der Waals surface area (Å²) >= 11 is 1.64. The molecule has 1 aliphatic rings. The van der Waals surface area contributed by atoms with Crippen molar-refractivity contribution in [3.05, 3.63) is 23.0 Å². The second-order valence-corrected chi connectivity index (χ2v) is 5.97. The fourth-order valence-corrected chi connectivity index (χ4v) is 3.76.